The number of nitrogens with zero attached hydrogens (tertiary/aromatic N) is 1. The van der Waals surface area contributed by atoms with Crippen molar-refractivity contribution in [1.29, 1.82) is 0 Å². The molecule has 2 atom stereocenters. The van der Waals surface area contributed by atoms with Crippen molar-refractivity contribution in [2.75, 3.05) is 6.54 Å². The average molecular weight is 240 g/mol. The van der Waals surface area contributed by atoms with Crippen LogP contribution in [0.25, 0.3) is 0 Å². The zero-order chi connectivity index (χ0) is 12.8. The Labute approximate surface area is 109 Å². The molecule has 18 heavy (non-hydrogen) atoms. The number of hydrogen-bond acceptors (Lipinski definition) is 2. The van der Waals surface area contributed by atoms with Gasteiger partial charge in [0.1, 0.15) is 0 Å². The van der Waals surface area contributed by atoms with Gasteiger partial charge in [-0.25, -0.2) is 0 Å². The molecule has 0 saturated heterocycles. The van der Waals surface area contributed by atoms with Crippen molar-refractivity contribution in [2.24, 2.45) is 5.73 Å². The molecule has 0 spiro atoms. The van der Waals surface area contributed by atoms with E-state index in [1.165, 1.54) is 5.56 Å². The van der Waals surface area contributed by atoms with Crippen molar-refractivity contribution in [1.82, 2.24) is 4.98 Å². The second kappa shape index (κ2) is 6.31. The van der Waals surface area contributed by atoms with Crippen LogP contribution in [0.4, 0.5) is 0 Å². The lowest BCUT2D eigenvalue weighted by Gasteiger charge is -2.19. The minimum Gasteiger partial charge on any atom is -0.330 e. The Morgan fingerprint density at radius 3 is 2.39 bits per heavy atom. The van der Waals surface area contributed by atoms with E-state index < -0.39 is 0 Å². The zero-order valence-electron chi connectivity index (χ0n) is 10.8. The van der Waals surface area contributed by atoms with Crippen LogP contribution < -0.4 is 5.73 Å². The van der Waals surface area contributed by atoms with Crippen molar-refractivity contribution >= 4 is 0 Å². The summed E-state index contributed by atoms with van der Waals surface area (Å²) in [6.45, 7) is 2.90. The minimum absolute atomic E-state index is 0.335. The first kappa shape index (κ1) is 12.8. The maximum atomic E-state index is 5.89. The van der Waals surface area contributed by atoms with Crippen LogP contribution in [0.3, 0.4) is 0 Å². The molecule has 0 amide bonds. The topological polar surface area (TPSA) is 38.9 Å². The molecule has 0 unspecified atom stereocenters. The summed E-state index contributed by atoms with van der Waals surface area (Å²) in [5.41, 5.74) is 8.36. The molecule has 0 aliphatic carbocycles. The number of hydrogen-bond donors (Lipinski definition) is 1. The Hall–Kier alpha value is -1.67. The summed E-state index contributed by atoms with van der Waals surface area (Å²) in [5, 5.41) is 0. The SMILES string of the molecule is C[C@H](C[C@H](CN)c1ccccn1)c1ccccc1. The molecule has 2 heteroatoms. The third-order valence-corrected chi connectivity index (χ3v) is 3.40. The predicted octanol–water partition coefficient (Wildman–Crippen LogP) is 3.32. The normalized spacial score (nSPS) is 14.1. The fourth-order valence-corrected chi connectivity index (χ4v) is 2.30. The van der Waals surface area contributed by atoms with E-state index in [0.717, 1.165) is 12.1 Å². The molecule has 0 aliphatic rings. The van der Waals surface area contributed by atoms with Gasteiger partial charge in [0, 0.05) is 24.4 Å². The molecule has 2 rings (SSSR count). The zero-order valence-corrected chi connectivity index (χ0v) is 10.8. The van der Waals surface area contributed by atoms with Crippen LogP contribution in [0.15, 0.2) is 54.7 Å². The summed E-state index contributed by atoms with van der Waals surface area (Å²) < 4.78 is 0. The van der Waals surface area contributed by atoms with Crippen LogP contribution in [0, 0.1) is 0 Å². The van der Waals surface area contributed by atoms with Gasteiger partial charge in [-0.2, -0.15) is 0 Å². The van der Waals surface area contributed by atoms with Crippen molar-refractivity contribution < 1.29 is 0 Å². The first-order valence-electron chi connectivity index (χ1n) is 6.47. The van der Waals surface area contributed by atoms with Gasteiger partial charge < -0.3 is 5.73 Å². The first-order valence-corrected chi connectivity index (χ1v) is 6.47. The van der Waals surface area contributed by atoms with Gasteiger partial charge in [0.2, 0.25) is 0 Å². The van der Waals surface area contributed by atoms with E-state index in [-0.39, 0.29) is 0 Å². The lowest BCUT2D eigenvalue weighted by Crippen LogP contribution is -2.16. The summed E-state index contributed by atoms with van der Waals surface area (Å²) in [6.07, 6.45) is 2.88. The van der Waals surface area contributed by atoms with Gasteiger partial charge in [0.25, 0.3) is 0 Å². The lowest BCUT2D eigenvalue weighted by molar-refractivity contribution is 0.554. The summed E-state index contributed by atoms with van der Waals surface area (Å²) in [6, 6.07) is 16.6. The summed E-state index contributed by atoms with van der Waals surface area (Å²) in [5.74, 6) is 0.836. The van der Waals surface area contributed by atoms with E-state index in [4.69, 9.17) is 5.73 Å². The van der Waals surface area contributed by atoms with E-state index in [2.05, 4.69) is 48.3 Å². The maximum absolute atomic E-state index is 5.89. The van der Waals surface area contributed by atoms with Gasteiger partial charge in [-0.1, -0.05) is 43.3 Å². The molecule has 2 N–H and O–H groups in total. The third kappa shape index (κ3) is 3.17. The minimum atomic E-state index is 0.335. The maximum Gasteiger partial charge on any atom is 0.0447 e. The van der Waals surface area contributed by atoms with E-state index in [0.29, 0.717) is 18.4 Å². The largest absolute Gasteiger partial charge is 0.330 e. The molecule has 0 bridgehead atoms. The van der Waals surface area contributed by atoms with Crippen molar-refractivity contribution in [3.63, 3.8) is 0 Å². The fourth-order valence-electron chi connectivity index (χ4n) is 2.30. The molecule has 0 fully saturated rings. The Kier molecular flexibility index (Phi) is 4.48. The van der Waals surface area contributed by atoms with Crippen molar-refractivity contribution in [3.05, 3.63) is 66.0 Å². The smallest absolute Gasteiger partial charge is 0.0447 e. The lowest BCUT2D eigenvalue weighted by atomic mass is 9.88. The van der Waals surface area contributed by atoms with Crippen LogP contribution in [-0.4, -0.2) is 11.5 Å². The van der Waals surface area contributed by atoms with Gasteiger partial charge in [-0.3, -0.25) is 4.98 Å². The molecule has 0 saturated carbocycles. The predicted molar refractivity (Wildman–Crippen MR) is 75.5 cm³/mol. The number of rotatable bonds is 5. The Bertz CT molecular complexity index is 453. The highest BCUT2D eigenvalue weighted by atomic mass is 14.7. The van der Waals surface area contributed by atoms with E-state index in [1.54, 1.807) is 0 Å². The Morgan fingerprint density at radius 1 is 1.06 bits per heavy atom. The molecular weight excluding hydrogens is 220 g/mol. The first-order chi connectivity index (χ1) is 8.81. The molecule has 1 heterocycles. The number of pyridine rings is 1. The molecule has 1 aromatic heterocycles. The summed E-state index contributed by atoms with van der Waals surface area (Å²) >= 11 is 0. The van der Waals surface area contributed by atoms with E-state index in [9.17, 15) is 0 Å². The molecule has 0 aliphatic heterocycles. The third-order valence-electron chi connectivity index (χ3n) is 3.40. The Balaban J connectivity index is 2.07. The highest BCUT2D eigenvalue weighted by Crippen LogP contribution is 2.27. The highest BCUT2D eigenvalue weighted by Gasteiger charge is 2.15. The van der Waals surface area contributed by atoms with Crippen LogP contribution in [0.2, 0.25) is 0 Å². The summed E-state index contributed by atoms with van der Waals surface area (Å²) in [7, 11) is 0. The van der Waals surface area contributed by atoms with Crippen LogP contribution >= 0.6 is 0 Å². The molecule has 2 nitrogen and oxygen atoms in total. The van der Waals surface area contributed by atoms with Gasteiger partial charge in [0.15, 0.2) is 0 Å². The van der Waals surface area contributed by atoms with Crippen molar-refractivity contribution in [2.45, 2.75) is 25.2 Å². The second-order valence-corrected chi connectivity index (χ2v) is 4.73. The Morgan fingerprint density at radius 2 is 1.78 bits per heavy atom. The molecular formula is C16H20N2. The van der Waals surface area contributed by atoms with Gasteiger partial charge in [-0.05, 0) is 30.0 Å². The van der Waals surface area contributed by atoms with Gasteiger partial charge in [0.05, 0.1) is 0 Å². The van der Waals surface area contributed by atoms with Crippen molar-refractivity contribution in [3.8, 4) is 0 Å². The number of benzene rings is 1. The summed E-state index contributed by atoms with van der Waals surface area (Å²) in [4.78, 5) is 4.42. The highest BCUT2D eigenvalue weighted by molar-refractivity contribution is 5.20. The van der Waals surface area contributed by atoms with Gasteiger partial charge >= 0.3 is 0 Å². The number of nitrogens with two attached hydrogens (primary N) is 1. The number of aromatic nitrogens is 1. The molecule has 0 radical (unpaired) electrons. The van der Waals surface area contributed by atoms with E-state index in [1.807, 2.05) is 18.3 Å². The van der Waals surface area contributed by atoms with Crippen LogP contribution in [0.1, 0.15) is 36.4 Å². The standard InChI is InChI=1S/C16H20N2/c1-13(14-7-3-2-4-8-14)11-15(12-17)16-9-5-6-10-18-16/h2-10,13,15H,11-12,17H2,1H3/t13-,15-/m1/s1. The van der Waals surface area contributed by atoms with Gasteiger partial charge in [-0.15, -0.1) is 0 Å². The molecule has 94 valence electrons. The monoisotopic (exact) mass is 240 g/mol. The fraction of sp³-hybridized carbons (Fsp3) is 0.312. The average Bonchev–Trinajstić information content (AvgIpc) is 2.46. The molecule has 1 aromatic carbocycles. The van der Waals surface area contributed by atoms with E-state index >= 15 is 0 Å². The quantitative estimate of drug-likeness (QED) is 0.870. The van der Waals surface area contributed by atoms with Crippen LogP contribution in [0.5, 0.6) is 0 Å². The van der Waals surface area contributed by atoms with Crippen LogP contribution in [-0.2, 0) is 0 Å². The second-order valence-electron chi connectivity index (χ2n) is 4.73. The molecule has 2 aromatic rings.